The molecule has 0 fully saturated rings. The first-order valence-corrected chi connectivity index (χ1v) is 5.84. The van der Waals surface area contributed by atoms with Crippen LogP contribution in [0.5, 0.6) is 0 Å². The van der Waals surface area contributed by atoms with E-state index in [1.54, 1.807) is 23.9 Å². The van der Waals surface area contributed by atoms with Crippen molar-refractivity contribution in [3.63, 3.8) is 0 Å². The number of nitrogens with zero attached hydrogens (tertiary/aromatic N) is 5. The molecule has 0 aliphatic carbocycles. The highest BCUT2D eigenvalue weighted by molar-refractivity contribution is 6.28. The molecule has 0 aliphatic rings. The number of aromatic nitrogens is 5. The molecule has 19 heavy (non-hydrogen) atoms. The molecule has 2 rings (SSSR count). The maximum Gasteiger partial charge on any atom is 0.241 e. The first kappa shape index (κ1) is 13.7. The van der Waals surface area contributed by atoms with Crippen molar-refractivity contribution in [2.45, 2.75) is 12.5 Å². The topological polar surface area (TPSA) is 109 Å². The van der Waals surface area contributed by atoms with E-state index in [0.29, 0.717) is 5.95 Å². The fourth-order valence-electron chi connectivity index (χ4n) is 1.29. The molecule has 2 heterocycles. The average Bonchev–Trinajstić information content (AvgIpc) is 2.92. The largest absolute Gasteiger partial charge is 0.394 e. The SMILES string of the molecule is CC(CO)(CO)Nc1nc(Cl)nc(-n2ccnc2)n1. The Morgan fingerprint density at radius 1 is 1.32 bits per heavy atom. The fraction of sp³-hybridized carbons (Fsp3) is 0.400. The quantitative estimate of drug-likeness (QED) is 0.701. The second-order valence-corrected chi connectivity index (χ2v) is 4.54. The number of anilines is 1. The van der Waals surface area contributed by atoms with Crippen LogP contribution in [-0.2, 0) is 0 Å². The third-order valence-corrected chi connectivity index (χ3v) is 2.61. The minimum Gasteiger partial charge on any atom is -0.394 e. The standard InChI is InChI=1S/C10H13ClN6O2/c1-10(4-18,5-19)16-8-13-7(11)14-9(15-8)17-3-2-12-6-17/h2-3,6,18-19H,4-5H2,1H3,(H,13,14,15,16). The van der Waals surface area contributed by atoms with Gasteiger partial charge in [0.2, 0.25) is 17.2 Å². The lowest BCUT2D eigenvalue weighted by Crippen LogP contribution is -2.43. The molecule has 0 saturated carbocycles. The first-order valence-electron chi connectivity index (χ1n) is 5.46. The molecule has 2 aromatic rings. The molecule has 3 N–H and O–H groups in total. The van der Waals surface area contributed by atoms with Crippen LogP contribution < -0.4 is 5.32 Å². The van der Waals surface area contributed by atoms with E-state index < -0.39 is 5.54 Å². The number of rotatable bonds is 5. The highest BCUT2D eigenvalue weighted by Crippen LogP contribution is 2.14. The summed E-state index contributed by atoms with van der Waals surface area (Å²) in [6, 6.07) is 0. The van der Waals surface area contributed by atoms with E-state index in [9.17, 15) is 10.2 Å². The highest BCUT2D eigenvalue weighted by Gasteiger charge is 2.23. The summed E-state index contributed by atoms with van der Waals surface area (Å²) in [6.07, 6.45) is 4.76. The van der Waals surface area contributed by atoms with Crippen LogP contribution >= 0.6 is 11.6 Å². The smallest absolute Gasteiger partial charge is 0.241 e. The second kappa shape index (κ2) is 5.47. The Bertz CT molecular complexity index is 543. The van der Waals surface area contributed by atoms with Crippen molar-refractivity contribution in [2.24, 2.45) is 0 Å². The van der Waals surface area contributed by atoms with Crippen LogP contribution in [0.25, 0.3) is 5.95 Å². The summed E-state index contributed by atoms with van der Waals surface area (Å²) in [7, 11) is 0. The van der Waals surface area contributed by atoms with Gasteiger partial charge in [0.25, 0.3) is 0 Å². The van der Waals surface area contributed by atoms with Gasteiger partial charge in [-0.05, 0) is 18.5 Å². The monoisotopic (exact) mass is 284 g/mol. The van der Waals surface area contributed by atoms with Gasteiger partial charge in [0.1, 0.15) is 6.33 Å². The van der Waals surface area contributed by atoms with Crippen molar-refractivity contribution in [3.8, 4) is 5.95 Å². The van der Waals surface area contributed by atoms with Crippen LogP contribution in [0.2, 0.25) is 5.28 Å². The minimum absolute atomic E-state index is 0.000528. The molecule has 0 radical (unpaired) electrons. The Morgan fingerprint density at radius 2 is 2.05 bits per heavy atom. The van der Waals surface area contributed by atoms with Gasteiger partial charge in [-0.1, -0.05) is 0 Å². The van der Waals surface area contributed by atoms with E-state index in [2.05, 4.69) is 25.3 Å². The van der Waals surface area contributed by atoms with E-state index in [1.165, 1.54) is 6.33 Å². The van der Waals surface area contributed by atoms with E-state index in [1.807, 2.05) is 0 Å². The Balaban J connectivity index is 2.32. The summed E-state index contributed by atoms with van der Waals surface area (Å²) < 4.78 is 1.56. The Labute approximate surface area is 114 Å². The molecule has 0 aromatic carbocycles. The van der Waals surface area contributed by atoms with Gasteiger partial charge in [0, 0.05) is 12.4 Å². The third kappa shape index (κ3) is 3.16. The lowest BCUT2D eigenvalue weighted by Gasteiger charge is -2.26. The van der Waals surface area contributed by atoms with Gasteiger partial charge in [-0.2, -0.15) is 15.0 Å². The number of hydrogen-bond donors (Lipinski definition) is 3. The molecule has 102 valence electrons. The molecule has 0 atom stereocenters. The second-order valence-electron chi connectivity index (χ2n) is 4.20. The molecular formula is C10H13ClN6O2. The predicted molar refractivity (Wildman–Crippen MR) is 68.2 cm³/mol. The van der Waals surface area contributed by atoms with Crippen molar-refractivity contribution >= 4 is 17.5 Å². The fourth-order valence-corrected chi connectivity index (χ4v) is 1.44. The van der Waals surface area contributed by atoms with Crippen molar-refractivity contribution in [1.29, 1.82) is 0 Å². The molecule has 9 heteroatoms. The average molecular weight is 285 g/mol. The predicted octanol–water partition coefficient (Wildman–Crippen LogP) is -0.134. The summed E-state index contributed by atoms with van der Waals surface area (Å²) in [4.78, 5) is 15.9. The lowest BCUT2D eigenvalue weighted by molar-refractivity contribution is 0.147. The van der Waals surface area contributed by atoms with Crippen LogP contribution in [0.3, 0.4) is 0 Å². The van der Waals surface area contributed by atoms with Crippen LogP contribution in [0.1, 0.15) is 6.92 Å². The Hall–Kier alpha value is -1.77. The lowest BCUT2D eigenvalue weighted by atomic mass is 10.1. The van der Waals surface area contributed by atoms with Gasteiger partial charge in [-0.3, -0.25) is 4.57 Å². The number of halogens is 1. The van der Waals surface area contributed by atoms with Gasteiger partial charge < -0.3 is 15.5 Å². The summed E-state index contributed by atoms with van der Waals surface area (Å²) in [6.45, 7) is 1.06. The van der Waals surface area contributed by atoms with E-state index in [0.717, 1.165) is 0 Å². The van der Waals surface area contributed by atoms with Gasteiger partial charge in [0.15, 0.2) is 0 Å². The zero-order chi connectivity index (χ0) is 13.9. The molecule has 2 aromatic heterocycles. The summed E-state index contributed by atoms with van der Waals surface area (Å²) >= 11 is 5.82. The number of imidazole rings is 1. The van der Waals surface area contributed by atoms with Gasteiger partial charge in [0.05, 0.1) is 18.8 Å². The van der Waals surface area contributed by atoms with Crippen molar-refractivity contribution in [2.75, 3.05) is 18.5 Å². The molecule has 0 aliphatic heterocycles. The number of aliphatic hydroxyl groups excluding tert-OH is 2. The summed E-state index contributed by atoms with van der Waals surface area (Å²) in [5, 5.41) is 21.3. The van der Waals surface area contributed by atoms with Gasteiger partial charge in [-0.15, -0.1) is 0 Å². The number of nitrogens with one attached hydrogen (secondary N) is 1. The maximum atomic E-state index is 9.23. The number of hydrogen-bond acceptors (Lipinski definition) is 7. The first-order chi connectivity index (χ1) is 9.06. The van der Waals surface area contributed by atoms with Gasteiger partial charge >= 0.3 is 0 Å². The maximum absolute atomic E-state index is 9.23. The van der Waals surface area contributed by atoms with Gasteiger partial charge in [-0.25, -0.2) is 4.98 Å². The van der Waals surface area contributed by atoms with Crippen molar-refractivity contribution in [1.82, 2.24) is 24.5 Å². The summed E-state index contributed by atoms with van der Waals surface area (Å²) in [5.74, 6) is 0.451. The third-order valence-electron chi connectivity index (χ3n) is 2.44. The van der Waals surface area contributed by atoms with Crippen molar-refractivity contribution in [3.05, 3.63) is 24.0 Å². The molecule has 0 saturated heterocycles. The molecular weight excluding hydrogens is 272 g/mol. The molecule has 0 amide bonds. The molecule has 0 unspecified atom stereocenters. The van der Waals surface area contributed by atoms with Crippen LogP contribution in [-0.4, -0.2) is 53.5 Å². The Morgan fingerprint density at radius 3 is 2.63 bits per heavy atom. The molecule has 8 nitrogen and oxygen atoms in total. The van der Waals surface area contributed by atoms with Crippen LogP contribution in [0.4, 0.5) is 5.95 Å². The van der Waals surface area contributed by atoms with Crippen LogP contribution in [0, 0.1) is 0 Å². The Kier molecular flexibility index (Phi) is 3.93. The zero-order valence-electron chi connectivity index (χ0n) is 10.2. The highest BCUT2D eigenvalue weighted by atomic mass is 35.5. The van der Waals surface area contributed by atoms with Crippen LogP contribution in [0.15, 0.2) is 18.7 Å². The minimum atomic E-state index is -0.948. The normalized spacial score (nSPS) is 11.6. The number of aliphatic hydroxyl groups is 2. The van der Waals surface area contributed by atoms with Crippen molar-refractivity contribution < 1.29 is 10.2 Å². The zero-order valence-corrected chi connectivity index (χ0v) is 10.9. The molecule has 0 spiro atoms. The van der Waals surface area contributed by atoms with E-state index in [-0.39, 0.29) is 24.4 Å². The van der Waals surface area contributed by atoms with E-state index in [4.69, 9.17) is 11.6 Å². The summed E-state index contributed by atoms with van der Waals surface area (Å²) in [5.41, 5.74) is -0.948. The van der Waals surface area contributed by atoms with E-state index >= 15 is 0 Å². The molecule has 0 bridgehead atoms.